The van der Waals surface area contributed by atoms with E-state index in [0.717, 1.165) is 19.3 Å². The molecule has 0 unspecified atom stereocenters. The van der Waals surface area contributed by atoms with Crippen LogP contribution in [0.15, 0.2) is 24.3 Å². The maximum atomic E-state index is 12.2. The zero-order valence-corrected chi connectivity index (χ0v) is 15.2. The monoisotopic (exact) mass is 347 g/mol. The predicted molar refractivity (Wildman–Crippen MR) is 98.4 cm³/mol. The number of ether oxygens (including phenoxy) is 1. The maximum absolute atomic E-state index is 12.2. The first-order valence-electron chi connectivity index (χ1n) is 9.09. The van der Waals surface area contributed by atoms with Gasteiger partial charge in [-0.2, -0.15) is 0 Å². The first-order valence-corrected chi connectivity index (χ1v) is 9.09. The summed E-state index contributed by atoms with van der Waals surface area (Å²) >= 11 is 0. The Balaban J connectivity index is 1.85. The van der Waals surface area contributed by atoms with Gasteiger partial charge in [0.25, 0.3) is 5.91 Å². The quantitative estimate of drug-likeness (QED) is 0.756. The van der Waals surface area contributed by atoms with Crippen molar-refractivity contribution in [1.29, 1.82) is 0 Å². The highest BCUT2D eigenvalue weighted by Gasteiger charge is 2.26. The molecule has 2 atom stereocenters. The summed E-state index contributed by atoms with van der Waals surface area (Å²) in [5.41, 5.74) is 6.69. The number of nitrogens with two attached hydrogens (primary N) is 1. The Labute approximate surface area is 149 Å². The summed E-state index contributed by atoms with van der Waals surface area (Å²) < 4.78 is 5.56. The number of nitrogens with zero attached hydrogens (tertiary/aromatic N) is 1. The standard InChI is InChI=1S/C19H29N3O3/c1-3-22(4-2)19(24)13-25-16-9-6-8-15(12-16)21-18(23)11-14-7-5-10-17(14)20/h6,8-9,12,14,17H,3-5,7,10-11,13,20H2,1-2H3,(H,21,23)/t14-,17+/m0/s1. The number of benzene rings is 1. The maximum Gasteiger partial charge on any atom is 0.260 e. The minimum absolute atomic E-state index is 0.00396. The Morgan fingerprint density at radius 2 is 2.04 bits per heavy atom. The summed E-state index contributed by atoms with van der Waals surface area (Å²) in [6.07, 6.45) is 3.57. The van der Waals surface area contributed by atoms with Crippen molar-refractivity contribution < 1.29 is 14.3 Å². The molecule has 2 amide bonds. The van der Waals surface area contributed by atoms with Crippen molar-refractivity contribution in [3.8, 4) is 5.75 Å². The Morgan fingerprint density at radius 1 is 1.28 bits per heavy atom. The third-order valence-electron chi connectivity index (χ3n) is 4.76. The lowest BCUT2D eigenvalue weighted by atomic mass is 10.00. The molecule has 1 saturated carbocycles. The molecule has 1 aromatic carbocycles. The SMILES string of the molecule is CCN(CC)C(=O)COc1cccc(NC(=O)C[C@@H]2CCC[C@H]2N)c1. The van der Waals surface area contributed by atoms with Crippen LogP contribution in [-0.4, -0.2) is 42.5 Å². The first-order chi connectivity index (χ1) is 12.0. The van der Waals surface area contributed by atoms with E-state index in [4.69, 9.17) is 10.5 Å². The lowest BCUT2D eigenvalue weighted by Gasteiger charge is -2.19. The van der Waals surface area contributed by atoms with Gasteiger partial charge in [0.1, 0.15) is 5.75 Å². The molecule has 138 valence electrons. The third kappa shape index (κ3) is 5.74. The lowest BCUT2D eigenvalue weighted by Crippen LogP contribution is -2.34. The van der Waals surface area contributed by atoms with Crippen LogP contribution >= 0.6 is 0 Å². The van der Waals surface area contributed by atoms with Gasteiger partial charge in [0.2, 0.25) is 5.91 Å². The highest BCUT2D eigenvalue weighted by molar-refractivity contribution is 5.91. The Morgan fingerprint density at radius 3 is 2.68 bits per heavy atom. The van der Waals surface area contributed by atoms with Gasteiger partial charge in [-0.3, -0.25) is 9.59 Å². The fourth-order valence-corrected chi connectivity index (χ4v) is 3.25. The smallest absolute Gasteiger partial charge is 0.260 e. The number of hydrogen-bond acceptors (Lipinski definition) is 4. The molecule has 6 heteroatoms. The third-order valence-corrected chi connectivity index (χ3v) is 4.76. The van der Waals surface area contributed by atoms with E-state index in [1.165, 1.54) is 0 Å². The van der Waals surface area contributed by atoms with E-state index in [9.17, 15) is 9.59 Å². The van der Waals surface area contributed by atoms with Crippen LogP contribution < -0.4 is 15.8 Å². The molecule has 1 fully saturated rings. The number of nitrogens with one attached hydrogen (secondary N) is 1. The Hall–Kier alpha value is -2.08. The summed E-state index contributed by atoms with van der Waals surface area (Å²) in [7, 11) is 0. The number of amides is 2. The van der Waals surface area contributed by atoms with Gasteiger partial charge in [0.15, 0.2) is 6.61 Å². The topological polar surface area (TPSA) is 84.7 Å². The molecule has 6 nitrogen and oxygen atoms in total. The molecule has 1 aliphatic carbocycles. The average molecular weight is 347 g/mol. The highest BCUT2D eigenvalue weighted by Crippen LogP contribution is 2.27. The van der Waals surface area contributed by atoms with Crippen LogP contribution in [-0.2, 0) is 9.59 Å². The normalized spacial score (nSPS) is 19.5. The van der Waals surface area contributed by atoms with Gasteiger partial charge in [-0.15, -0.1) is 0 Å². The minimum Gasteiger partial charge on any atom is -0.484 e. The molecule has 3 N–H and O–H groups in total. The largest absolute Gasteiger partial charge is 0.484 e. The minimum atomic E-state index is -0.0466. The number of carbonyl (C=O) groups excluding carboxylic acids is 2. The summed E-state index contributed by atoms with van der Waals surface area (Å²) in [5.74, 6) is 0.760. The molecule has 0 aliphatic heterocycles. The number of anilines is 1. The molecule has 25 heavy (non-hydrogen) atoms. The van der Waals surface area contributed by atoms with Gasteiger partial charge in [-0.1, -0.05) is 12.5 Å². The van der Waals surface area contributed by atoms with Crippen molar-refractivity contribution in [1.82, 2.24) is 4.90 Å². The number of hydrogen-bond donors (Lipinski definition) is 2. The van der Waals surface area contributed by atoms with Crippen molar-refractivity contribution in [2.45, 2.75) is 45.6 Å². The van der Waals surface area contributed by atoms with E-state index < -0.39 is 0 Å². The van der Waals surface area contributed by atoms with Gasteiger partial charge < -0.3 is 20.7 Å². The van der Waals surface area contributed by atoms with Gasteiger partial charge in [-0.25, -0.2) is 0 Å². The molecule has 1 aliphatic rings. The van der Waals surface area contributed by atoms with E-state index in [0.29, 0.717) is 30.9 Å². The lowest BCUT2D eigenvalue weighted by molar-refractivity contribution is -0.133. The summed E-state index contributed by atoms with van der Waals surface area (Å²) in [4.78, 5) is 25.9. The Kier molecular flexibility index (Phi) is 7.25. The number of carbonyl (C=O) groups is 2. The van der Waals surface area contributed by atoms with Crippen molar-refractivity contribution in [2.24, 2.45) is 11.7 Å². The zero-order valence-electron chi connectivity index (χ0n) is 15.2. The summed E-state index contributed by atoms with van der Waals surface area (Å²) in [6, 6.07) is 7.26. The second-order valence-electron chi connectivity index (χ2n) is 6.49. The molecule has 0 spiro atoms. The summed E-state index contributed by atoms with van der Waals surface area (Å²) in [5, 5.41) is 2.89. The molecular formula is C19H29N3O3. The second-order valence-corrected chi connectivity index (χ2v) is 6.49. The van der Waals surface area contributed by atoms with Crippen LogP contribution in [0, 0.1) is 5.92 Å². The van der Waals surface area contributed by atoms with E-state index in [2.05, 4.69) is 5.32 Å². The molecule has 1 aromatic rings. The molecule has 2 rings (SSSR count). The molecule has 0 radical (unpaired) electrons. The Bertz CT molecular complexity index is 587. The van der Waals surface area contributed by atoms with Crippen molar-refractivity contribution in [2.75, 3.05) is 25.0 Å². The number of likely N-dealkylation sites (N-methyl/N-ethyl adjacent to an activating group) is 1. The van der Waals surface area contributed by atoms with E-state index in [1.807, 2.05) is 19.9 Å². The van der Waals surface area contributed by atoms with Crippen LogP contribution in [0.1, 0.15) is 39.5 Å². The van der Waals surface area contributed by atoms with Crippen molar-refractivity contribution >= 4 is 17.5 Å². The van der Waals surface area contributed by atoms with Crippen LogP contribution in [0.2, 0.25) is 0 Å². The van der Waals surface area contributed by atoms with Gasteiger partial charge in [0, 0.05) is 37.3 Å². The van der Waals surface area contributed by atoms with E-state index >= 15 is 0 Å². The zero-order chi connectivity index (χ0) is 18.2. The molecule has 0 bridgehead atoms. The number of rotatable bonds is 8. The summed E-state index contributed by atoms with van der Waals surface area (Å²) in [6.45, 7) is 5.20. The van der Waals surface area contributed by atoms with Gasteiger partial charge >= 0.3 is 0 Å². The fourth-order valence-electron chi connectivity index (χ4n) is 3.25. The molecule has 0 aromatic heterocycles. The second kappa shape index (κ2) is 9.42. The highest BCUT2D eigenvalue weighted by atomic mass is 16.5. The van der Waals surface area contributed by atoms with Crippen LogP contribution in [0.25, 0.3) is 0 Å². The van der Waals surface area contributed by atoms with E-state index in [-0.39, 0.29) is 30.4 Å². The van der Waals surface area contributed by atoms with Crippen LogP contribution in [0.3, 0.4) is 0 Å². The first kappa shape index (κ1) is 19.2. The van der Waals surface area contributed by atoms with Crippen LogP contribution in [0.5, 0.6) is 5.75 Å². The van der Waals surface area contributed by atoms with Crippen LogP contribution in [0.4, 0.5) is 5.69 Å². The van der Waals surface area contributed by atoms with Crippen molar-refractivity contribution in [3.05, 3.63) is 24.3 Å². The fraction of sp³-hybridized carbons (Fsp3) is 0.579. The molecular weight excluding hydrogens is 318 g/mol. The van der Waals surface area contributed by atoms with Gasteiger partial charge in [0.05, 0.1) is 0 Å². The van der Waals surface area contributed by atoms with E-state index in [1.54, 1.807) is 23.1 Å². The molecule has 0 saturated heterocycles. The predicted octanol–water partition coefficient (Wildman–Crippen LogP) is 2.39. The molecule has 0 heterocycles. The van der Waals surface area contributed by atoms with Gasteiger partial charge in [-0.05, 0) is 44.7 Å². The van der Waals surface area contributed by atoms with Crippen molar-refractivity contribution in [3.63, 3.8) is 0 Å². The average Bonchev–Trinajstić information content (AvgIpc) is 2.99.